The molecule has 0 bridgehead atoms. The minimum Gasteiger partial charge on any atom is -0.468 e. The van der Waals surface area contributed by atoms with E-state index in [9.17, 15) is 14.4 Å². The molecule has 2 aromatic carbocycles. The number of halogens is 1. The van der Waals surface area contributed by atoms with Crippen molar-refractivity contribution in [3.63, 3.8) is 0 Å². The van der Waals surface area contributed by atoms with Crippen molar-refractivity contribution >= 4 is 33.7 Å². The third-order valence-electron chi connectivity index (χ3n) is 6.84. The molecule has 0 spiro atoms. The van der Waals surface area contributed by atoms with Crippen LogP contribution in [0.15, 0.2) is 46.9 Å². The number of carbonyl (C=O) groups is 3. The van der Waals surface area contributed by atoms with Crippen molar-refractivity contribution in [3.05, 3.63) is 63.6 Å². The highest BCUT2D eigenvalue weighted by atomic mass is 79.9. The van der Waals surface area contributed by atoms with Crippen LogP contribution >= 0.6 is 15.9 Å². The fourth-order valence-electron chi connectivity index (χ4n) is 5.23. The van der Waals surface area contributed by atoms with Crippen LogP contribution in [0.25, 0.3) is 0 Å². The molecule has 4 rings (SSSR count). The summed E-state index contributed by atoms with van der Waals surface area (Å²) in [6.07, 6.45) is 0.299. The number of benzene rings is 2. The Morgan fingerprint density at radius 1 is 1.13 bits per heavy atom. The van der Waals surface area contributed by atoms with Crippen LogP contribution in [0.4, 0.5) is 0 Å². The van der Waals surface area contributed by atoms with Gasteiger partial charge in [0.05, 0.1) is 12.5 Å². The van der Waals surface area contributed by atoms with Crippen LogP contribution in [-0.2, 0) is 19.7 Å². The molecular weight excluding hydrogens is 460 g/mol. The number of ketones is 1. The zero-order chi connectivity index (χ0) is 22.8. The summed E-state index contributed by atoms with van der Waals surface area (Å²) in [5, 5.41) is 0. The molecule has 0 radical (unpaired) electrons. The first-order valence-corrected chi connectivity index (χ1v) is 11.1. The lowest BCUT2D eigenvalue weighted by molar-refractivity contribution is -0.160. The lowest BCUT2D eigenvalue weighted by Crippen LogP contribution is -2.40. The van der Waals surface area contributed by atoms with Gasteiger partial charge in [0, 0.05) is 21.5 Å². The van der Waals surface area contributed by atoms with Gasteiger partial charge in [-0.2, -0.15) is 0 Å². The molecule has 2 aliphatic rings. The molecule has 0 aromatic heterocycles. The first kappa shape index (κ1) is 21.8. The Bertz CT molecular complexity index is 1100. The van der Waals surface area contributed by atoms with Gasteiger partial charge in [0.15, 0.2) is 11.2 Å². The van der Waals surface area contributed by atoms with Gasteiger partial charge in [-0.15, -0.1) is 0 Å². The SMILES string of the molecule is CC[C@]1(C(=O)c2ccc(C(C)(C)C)cc2)[C@H]2c3cc(Br)ccc3OC(=O)[C@@]21C(=O)OC. The molecule has 1 aliphatic carbocycles. The van der Waals surface area contributed by atoms with E-state index < -0.39 is 28.7 Å². The summed E-state index contributed by atoms with van der Waals surface area (Å²) in [4.78, 5) is 40.2. The highest BCUT2D eigenvalue weighted by molar-refractivity contribution is 9.10. The van der Waals surface area contributed by atoms with Gasteiger partial charge in [0.1, 0.15) is 5.75 Å². The van der Waals surface area contributed by atoms with Crippen molar-refractivity contribution in [1.82, 2.24) is 0 Å². The van der Waals surface area contributed by atoms with Crippen LogP contribution in [0.1, 0.15) is 61.5 Å². The molecule has 162 valence electrons. The van der Waals surface area contributed by atoms with E-state index in [-0.39, 0.29) is 11.2 Å². The van der Waals surface area contributed by atoms with Gasteiger partial charge in [-0.3, -0.25) is 14.4 Å². The number of hydrogen-bond acceptors (Lipinski definition) is 5. The van der Waals surface area contributed by atoms with Crippen LogP contribution in [0, 0.1) is 10.8 Å². The zero-order valence-electron chi connectivity index (χ0n) is 18.2. The van der Waals surface area contributed by atoms with Gasteiger partial charge < -0.3 is 9.47 Å². The molecule has 0 saturated heterocycles. The fraction of sp³-hybridized carbons (Fsp3) is 0.400. The zero-order valence-corrected chi connectivity index (χ0v) is 19.8. The maximum Gasteiger partial charge on any atom is 0.330 e. The Balaban J connectivity index is 1.89. The first-order chi connectivity index (χ1) is 14.5. The van der Waals surface area contributed by atoms with Gasteiger partial charge in [0.2, 0.25) is 0 Å². The molecule has 1 aliphatic heterocycles. The van der Waals surface area contributed by atoms with Crippen molar-refractivity contribution in [2.24, 2.45) is 10.8 Å². The maximum absolute atomic E-state index is 13.9. The number of hydrogen-bond donors (Lipinski definition) is 0. The Kier molecular flexibility index (Phi) is 4.93. The number of fused-ring (bicyclic) bond motifs is 3. The lowest BCUT2D eigenvalue weighted by Gasteiger charge is -2.22. The minimum absolute atomic E-state index is 0.0557. The Labute approximate surface area is 190 Å². The van der Waals surface area contributed by atoms with Crippen molar-refractivity contribution < 1.29 is 23.9 Å². The predicted octanol–water partition coefficient (Wildman–Crippen LogP) is 5.20. The monoisotopic (exact) mass is 484 g/mol. The number of carbonyl (C=O) groups excluding carboxylic acids is 3. The molecule has 0 N–H and O–H groups in total. The second kappa shape index (κ2) is 7.02. The Hall–Kier alpha value is -2.47. The molecule has 0 unspecified atom stereocenters. The molecule has 2 aromatic rings. The van der Waals surface area contributed by atoms with E-state index in [1.54, 1.807) is 24.3 Å². The van der Waals surface area contributed by atoms with E-state index in [1.807, 2.05) is 25.1 Å². The predicted molar refractivity (Wildman–Crippen MR) is 119 cm³/mol. The highest BCUT2D eigenvalue weighted by Gasteiger charge is 2.90. The van der Waals surface area contributed by atoms with Gasteiger partial charge in [0.25, 0.3) is 0 Å². The number of methoxy groups -OCH3 is 1. The van der Waals surface area contributed by atoms with Crippen molar-refractivity contribution in [1.29, 1.82) is 0 Å². The largest absolute Gasteiger partial charge is 0.468 e. The molecule has 3 atom stereocenters. The summed E-state index contributed by atoms with van der Waals surface area (Å²) >= 11 is 3.45. The quantitative estimate of drug-likeness (QED) is 0.258. The van der Waals surface area contributed by atoms with Crippen molar-refractivity contribution in [2.45, 2.75) is 45.4 Å². The van der Waals surface area contributed by atoms with Crippen LogP contribution < -0.4 is 4.74 Å². The summed E-state index contributed by atoms with van der Waals surface area (Å²) in [5.41, 5.74) is -0.756. The number of ether oxygens (including phenoxy) is 2. The standard InChI is InChI=1S/C25H25BrO5/c1-6-24(20(27)14-7-9-15(10-8-14)23(2,3)4)19-17-13-16(26)11-12-18(17)31-22(29)25(19,24)21(28)30-5/h7-13,19H,6H2,1-5H3/t19-,24-,25+/m1/s1. The maximum atomic E-state index is 13.9. The van der Waals surface area contributed by atoms with Gasteiger partial charge in [-0.25, -0.2) is 0 Å². The summed E-state index contributed by atoms with van der Waals surface area (Å²) < 4.78 is 11.4. The van der Waals surface area contributed by atoms with E-state index in [2.05, 4.69) is 36.7 Å². The van der Waals surface area contributed by atoms with Gasteiger partial charge in [-0.1, -0.05) is 67.9 Å². The normalized spacial score (nSPS) is 26.4. The van der Waals surface area contributed by atoms with Gasteiger partial charge >= 0.3 is 11.9 Å². The summed E-state index contributed by atoms with van der Waals surface area (Å²) in [7, 11) is 1.24. The molecule has 1 fully saturated rings. The molecule has 5 nitrogen and oxygen atoms in total. The molecule has 31 heavy (non-hydrogen) atoms. The average Bonchev–Trinajstić information content (AvgIpc) is 3.39. The smallest absolute Gasteiger partial charge is 0.330 e. The van der Waals surface area contributed by atoms with E-state index >= 15 is 0 Å². The summed E-state index contributed by atoms with van der Waals surface area (Å²) in [6.45, 7) is 8.13. The van der Waals surface area contributed by atoms with Gasteiger partial charge in [-0.05, 0) is 35.6 Å². The first-order valence-electron chi connectivity index (χ1n) is 10.3. The summed E-state index contributed by atoms with van der Waals surface area (Å²) in [6, 6.07) is 12.7. The molecule has 1 saturated carbocycles. The molecule has 6 heteroatoms. The molecule has 1 heterocycles. The minimum atomic E-state index is -1.68. The molecule has 0 amide bonds. The Morgan fingerprint density at radius 3 is 2.32 bits per heavy atom. The highest BCUT2D eigenvalue weighted by Crippen LogP contribution is 2.80. The fourth-order valence-corrected chi connectivity index (χ4v) is 5.61. The third-order valence-corrected chi connectivity index (χ3v) is 7.33. The second-order valence-electron chi connectivity index (χ2n) is 9.29. The summed E-state index contributed by atoms with van der Waals surface area (Å²) in [5.74, 6) is -1.95. The molecular formula is C25H25BrO5. The Morgan fingerprint density at radius 2 is 1.77 bits per heavy atom. The van der Waals surface area contributed by atoms with Crippen LogP contribution in [0.3, 0.4) is 0 Å². The average molecular weight is 485 g/mol. The van der Waals surface area contributed by atoms with Crippen LogP contribution in [-0.4, -0.2) is 24.8 Å². The van der Waals surface area contributed by atoms with E-state index in [1.165, 1.54) is 7.11 Å². The van der Waals surface area contributed by atoms with Crippen molar-refractivity contribution in [3.8, 4) is 5.75 Å². The van der Waals surface area contributed by atoms with Crippen LogP contribution in [0.2, 0.25) is 0 Å². The van der Waals surface area contributed by atoms with E-state index in [0.717, 1.165) is 10.0 Å². The van der Waals surface area contributed by atoms with Crippen LogP contribution in [0.5, 0.6) is 5.75 Å². The number of rotatable bonds is 4. The van der Waals surface area contributed by atoms with E-state index in [4.69, 9.17) is 9.47 Å². The number of esters is 2. The second-order valence-corrected chi connectivity index (χ2v) is 10.2. The topological polar surface area (TPSA) is 69.7 Å². The van der Waals surface area contributed by atoms with E-state index in [0.29, 0.717) is 23.3 Å². The third kappa shape index (κ3) is 2.77. The lowest BCUT2D eigenvalue weighted by atomic mass is 9.81. The number of Topliss-reactive ketones (excluding diaryl/α,β-unsaturated/α-hetero) is 1. The van der Waals surface area contributed by atoms with Crippen molar-refractivity contribution in [2.75, 3.05) is 7.11 Å².